The van der Waals surface area contributed by atoms with Gasteiger partial charge in [0.2, 0.25) is 0 Å². The van der Waals surface area contributed by atoms with Gasteiger partial charge in [-0.1, -0.05) is 18.2 Å². The van der Waals surface area contributed by atoms with Gasteiger partial charge in [0, 0.05) is 11.4 Å². The summed E-state index contributed by atoms with van der Waals surface area (Å²) in [4.78, 5) is 6.97. The highest BCUT2D eigenvalue weighted by molar-refractivity contribution is 7.98. The van der Waals surface area contributed by atoms with Crippen molar-refractivity contribution in [2.24, 2.45) is 0 Å². The number of nitrogens with one attached hydrogen (secondary N) is 1. The highest BCUT2D eigenvalue weighted by Gasteiger charge is 2.20. The van der Waals surface area contributed by atoms with Crippen LogP contribution in [0.15, 0.2) is 29.3 Å². The minimum Gasteiger partial charge on any atom is -0.381 e. The van der Waals surface area contributed by atoms with Crippen LogP contribution in [0.2, 0.25) is 0 Å². The smallest absolute Gasteiger partial charge is 0.116 e. The Kier molecular flexibility index (Phi) is 4.51. The quantitative estimate of drug-likeness (QED) is 0.881. The first-order valence-electron chi connectivity index (χ1n) is 7.55. The fourth-order valence-electron chi connectivity index (χ4n) is 2.95. The van der Waals surface area contributed by atoms with Gasteiger partial charge in [-0.15, -0.1) is 11.8 Å². The van der Waals surface area contributed by atoms with E-state index in [0.717, 1.165) is 47.5 Å². The highest BCUT2D eigenvalue weighted by atomic mass is 32.2. The Bertz CT molecular complexity index is 714. The predicted octanol–water partition coefficient (Wildman–Crippen LogP) is 3.33. The van der Waals surface area contributed by atoms with E-state index in [0.29, 0.717) is 11.6 Å². The second-order valence-electron chi connectivity index (χ2n) is 5.72. The van der Waals surface area contributed by atoms with Gasteiger partial charge in [-0.3, -0.25) is 0 Å². The maximum absolute atomic E-state index is 9.61. The Labute approximate surface area is 135 Å². The van der Waals surface area contributed by atoms with E-state index < -0.39 is 0 Å². The molecule has 0 bridgehead atoms. The predicted molar refractivity (Wildman–Crippen MR) is 92.4 cm³/mol. The number of fused-ring (bicyclic) bond motifs is 1. The van der Waals surface area contributed by atoms with Gasteiger partial charge in [-0.25, -0.2) is 4.98 Å². The molecule has 114 valence electrons. The van der Waals surface area contributed by atoms with Gasteiger partial charge in [0.25, 0.3) is 0 Å². The van der Waals surface area contributed by atoms with Crippen LogP contribution in [0, 0.1) is 11.3 Å². The molecule has 0 saturated carbocycles. The topological polar surface area (TPSA) is 52.0 Å². The van der Waals surface area contributed by atoms with Gasteiger partial charge in [0.05, 0.1) is 11.2 Å². The van der Waals surface area contributed by atoms with Gasteiger partial charge in [-0.05, 0) is 45.3 Å². The van der Waals surface area contributed by atoms with Crippen molar-refractivity contribution in [3.8, 4) is 6.07 Å². The number of piperidine rings is 1. The van der Waals surface area contributed by atoms with Gasteiger partial charge < -0.3 is 10.2 Å². The lowest BCUT2D eigenvalue weighted by atomic mass is 10.0. The molecular weight excluding hydrogens is 292 g/mol. The van der Waals surface area contributed by atoms with Crippen LogP contribution in [0.4, 0.5) is 5.69 Å². The van der Waals surface area contributed by atoms with E-state index in [1.807, 2.05) is 30.5 Å². The summed E-state index contributed by atoms with van der Waals surface area (Å²) in [5.41, 5.74) is 2.57. The lowest BCUT2D eigenvalue weighted by Gasteiger charge is -2.30. The van der Waals surface area contributed by atoms with E-state index in [4.69, 9.17) is 0 Å². The molecule has 0 spiro atoms. The summed E-state index contributed by atoms with van der Waals surface area (Å²) in [6.45, 7) is 2.19. The number of aromatic nitrogens is 1. The van der Waals surface area contributed by atoms with E-state index in [9.17, 15) is 5.26 Å². The number of para-hydroxylation sites is 1. The third-order valence-electron chi connectivity index (χ3n) is 4.23. The van der Waals surface area contributed by atoms with Crippen LogP contribution in [0.3, 0.4) is 0 Å². The summed E-state index contributed by atoms with van der Waals surface area (Å²) in [6.07, 6.45) is 4.18. The summed E-state index contributed by atoms with van der Waals surface area (Å²) in [6, 6.07) is 10.8. The molecule has 5 heteroatoms. The van der Waals surface area contributed by atoms with Crippen molar-refractivity contribution in [1.82, 2.24) is 9.88 Å². The maximum atomic E-state index is 9.61. The lowest BCUT2D eigenvalue weighted by molar-refractivity contribution is 0.264. The number of hydrogen-bond acceptors (Lipinski definition) is 5. The Hall–Kier alpha value is -1.77. The minimum absolute atomic E-state index is 0.420. The van der Waals surface area contributed by atoms with Crippen LogP contribution in [0.5, 0.6) is 0 Å². The lowest BCUT2D eigenvalue weighted by Crippen LogP contribution is -2.36. The van der Waals surface area contributed by atoms with Crippen molar-refractivity contribution in [1.29, 1.82) is 5.26 Å². The number of anilines is 1. The Morgan fingerprint density at radius 1 is 1.32 bits per heavy atom. The van der Waals surface area contributed by atoms with Crippen LogP contribution in [0.1, 0.15) is 18.4 Å². The number of nitrogens with zero attached hydrogens (tertiary/aromatic N) is 3. The van der Waals surface area contributed by atoms with E-state index in [-0.39, 0.29) is 0 Å². The molecule has 0 atom stereocenters. The van der Waals surface area contributed by atoms with Crippen LogP contribution >= 0.6 is 11.8 Å². The minimum atomic E-state index is 0.420. The summed E-state index contributed by atoms with van der Waals surface area (Å²) < 4.78 is 0. The summed E-state index contributed by atoms with van der Waals surface area (Å²) in [7, 11) is 2.16. The summed E-state index contributed by atoms with van der Waals surface area (Å²) >= 11 is 1.53. The highest BCUT2D eigenvalue weighted by Crippen LogP contribution is 2.33. The SMILES string of the molecule is CSc1nc2ccccc2c(NC2CCN(C)CC2)c1C#N. The molecule has 0 aliphatic carbocycles. The first-order chi connectivity index (χ1) is 10.7. The van der Waals surface area contributed by atoms with E-state index in [1.165, 1.54) is 11.8 Å². The molecule has 3 rings (SSSR count). The molecule has 22 heavy (non-hydrogen) atoms. The molecule has 0 unspecified atom stereocenters. The van der Waals surface area contributed by atoms with Crippen LogP contribution in [0.25, 0.3) is 10.9 Å². The van der Waals surface area contributed by atoms with Crippen molar-refractivity contribution in [3.63, 3.8) is 0 Å². The monoisotopic (exact) mass is 312 g/mol. The fraction of sp³-hybridized carbons (Fsp3) is 0.412. The average Bonchev–Trinajstić information content (AvgIpc) is 2.56. The third kappa shape index (κ3) is 2.90. The van der Waals surface area contributed by atoms with Crippen molar-refractivity contribution < 1.29 is 0 Å². The zero-order chi connectivity index (χ0) is 15.5. The average molecular weight is 312 g/mol. The zero-order valence-corrected chi connectivity index (χ0v) is 13.8. The molecule has 1 aliphatic heterocycles. The largest absolute Gasteiger partial charge is 0.381 e. The second kappa shape index (κ2) is 6.55. The number of thioether (sulfide) groups is 1. The molecule has 2 aromatic rings. The Morgan fingerprint density at radius 2 is 2.05 bits per heavy atom. The zero-order valence-electron chi connectivity index (χ0n) is 13.0. The molecule has 1 aliphatic rings. The van der Waals surface area contributed by atoms with Crippen LogP contribution < -0.4 is 5.32 Å². The molecule has 0 radical (unpaired) electrons. The number of pyridine rings is 1. The fourth-order valence-corrected chi connectivity index (χ4v) is 3.49. The van der Waals surface area contributed by atoms with E-state index in [1.54, 1.807) is 0 Å². The van der Waals surface area contributed by atoms with Crippen LogP contribution in [-0.2, 0) is 0 Å². The molecule has 1 aromatic heterocycles. The summed E-state index contributed by atoms with van der Waals surface area (Å²) in [5, 5.41) is 15.1. The number of rotatable bonds is 3. The van der Waals surface area contributed by atoms with Crippen molar-refractivity contribution in [2.45, 2.75) is 23.9 Å². The standard InChI is InChI=1S/C17H20N4S/c1-21-9-7-12(8-10-21)19-16-13-5-3-4-6-15(13)20-17(22-2)14(16)11-18/h3-6,12H,7-10H2,1-2H3,(H,19,20). The first kappa shape index (κ1) is 15.1. The molecule has 1 aromatic carbocycles. The Morgan fingerprint density at radius 3 is 2.73 bits per heavy atom. The second-order valence-corrected chi connectivity index (χ2v) is 6.52. The number of benzene rings is 1. The number of nitriles is 1. The number of likely N-dealkylation sites (tertiary alicyclic amines) is 1. The van der Waals surface area contributed by atoms with Gasteiger partial charge in [0.1, 0.15) is 16.7 Å². The van der Waals surface area contributed by atoms with E-state index >= 15 is 0 Å². The van der Waals surface area contributed by atoms with Gasteiger partial charge in [0.15, 0.2) is 0 Å². The molecule has 1 fully saturated rings. The maximum Gasteiger partial charge on any atom is 0.116 e. The molecule has 1 N–H and O–H groups in total. The van der Waals surface area contributed by atoms with Gasteiger partial charge in [-0.2, -0.15) is 5.26 Å². The van der Waals surface area contributed by atoms with E-state index in [2.05, 4.69) is 28.3 Å². The third-order valence-corrected chi connectivity index (χ3v) is 4.91. The first-order valence-corrected chi connectivity index (χ1v) is 8.77. The molecule has 1 saturated heterocycles. The molecule has 4 nitrogen and oxygen atoms in total. The Balaban J connectivity index is 2.04. The molecule has 0 amide bonds. The van der Waals surface area contributed by atoms with Crippen molar-refractivity contribution >= 4 is 28.4 Å². The normalized spacial score (nSPS) is 16.6. The van der Waals surface area contributed by atoms with Crippen molar-refractivity contribution in [2.75, 3.05) is 31.7 Å². The molecular formula is C17H20N4S. The number of hydrogen-bond donors (Lipinski definition) is 1. The summed E-state index contributed by atoms with van der Waals surface area (Å²) in [5.74, 6) is 0. The van der Waals surface area contributed by atoms with Gasteiger partial charge >= 0.3 is 0 Å². The van der Waals surface area contributed by atoms with Crippen LogP contribution in [-0.4, -0.2) is 42.3 Å². The van der Waals surface area contributed by atoms with Crippen molar-refractivity contribution in [3.05, 3.63) is 29.8 Å². The molecule has 2 heterocycles.